The molecule has 0 N–H and O–H groups in total. The van der Waals surface area contributed by atoms with Gasteiger partial charge in [-0.2, -0.15) is 4.31 Å². The van der Waals surface area contributed by atoms with E-state index in [0.29, 0.717) is 31.7 Å². The number of carbonyl (C=O) groups is 1. The van der Waals surface area contributed by atoms with Crippen LogP contribution in [0.4, 0.5) is 0 Å². The molecule has 0 atom stereocenters. The third-order valence-electron chi connectivity index (χ3n) is 5.79. The first kappa shape index (κ1) is 21.3. The molecule has 2 heterocycles. The van der Waals surface area contributed by atoms with Crippen molar-refractivity contribution in [1.82, 2.24) is 13.8 Å². The maximum Gasteiger partial charge on any atom is 0.255 e. The first-order valence-corrected chi connectivity index (χ1v) is 12.0. The molecule has 0 radical (unpaired) electrons. The van der Waals surface area contributed by atoms with Gasteiger partial charge in [0.05, 0.1) is 11.3 Å². The van der Waals surface area contributed by atoms with E-state index in [2.05, 4.69) is 4.57 Å². The van der Waals surface area contributed by atoms with Crippen LogP contribution in [0.25, 0.3) is 5.69 Å². The average molecular weight is 438 g/mol. The van der Waals surface area contributed by atoms with Crippen LogP contribution in [0, 0.1) is 13.8 Å². The second-order valence-electron chi connectivity index (χ2n) is 7.89. The minimum Gasteiger partial charge on any atom is -0.336 e. The van der Waals surface area contributed by atoms with Crippen LogP contribution >= 0.6 is 0 Å². The van der Waals surface area contributed by atoms with E-state index in [-0.39, 0.29) is 11.7 Å². The fraction of sp³-hybridized carbons (Fsp3) is 0.292. The van der Waals surface area contributed by atoms with Crippen molar-refractivity contribution >= 4 is 15.9 Å². The number of benzene rings is 2. The molecule has 1 saturated heterocycles. The molecule has 1 fully saturated rings. The normalized spacial score (nSPS) is 15.2. The van der Waals surface area contributed by atoms with Crippen molar-refractivity contribution in [1.29, 1.82) is 0 Å². The van der Waals surface area contributed by atoms with Crippen LogP contribution in [0.5, 0.6) is 0 Å². The first-order valence-electron chi connectivity index (χ1n) is 10.4. The summed E-state index contributed by atoms with van der Waals surface area (Å²) >= 11 is 0. The molecule has 31 heavy (non-hydrogen) atoms. The van der Waals surface area contributed by atoms with Crippen molar-refractivity contribution < 1.29 is 13.2 Å². The van der Waals surface area contributed by atoms with E-state index in [1.165, 1.54) is 4.31 Å². The number of piperazine rings is 1. The maximum absolute atomic E-state index is 13.2. The monoisotopic (exact) mass is 437 g/mol. The van der Waals surface area contributed by atoms with Crippen molar-refractivity contribution in [2.24, 2.45) is 0 Å². The molecule has 1 amide bonds. The summed E-state index contributed by atoms with van der Waals surface area (Å²) in [6.45, 7) is 5.36. The van der Waals surface area contributed by atoms with Gasteiger partial charge in [-0.15, -0.1) is 0 Å². The Morgan fingerprint density at radius 3 is 2.06 bits per heavy atom. The summed E-state index contributed by atoms with van der Waals surface area (Å²) in [5.74, 6) is -0.0598. The fourth-order valence-electron chi connectivity index (χ4n) is 4.17. The van der Waals surface area contributed by atoms with Crippen LogP contribution < -0.4 is 0 Å². The summed E-state index contributed by atoms with van der Waals surface area (Å²) in [6.07, 6.45) is 0. The highest BCUT2D eigenvalue weighted by molar-refractivity contribution is 7.88. The van der Waals surface area contributed by atoms with E-state index >= 15 is 0 Å². The van der Waals surface area contributed by atoms with Gasteiger partial charge in [0.25, 0.3) is 5.91 Å². The van der Waals surface area contributed by atoms with Gasteiger partial charge in [-0.25, -0.2) is 8.42 Å². The quantitative estimate of drug-likeness (QED) is 0.615. The summed E-state index contributed by atoms with van der Waals surface area (Å²) in [4.78, 5) is 15.0. The number of rotatable bonds is 5. The molecule has 1 aliphatic heterocycles. The smallest absolute Gasteiger partial charge is 0.255 e. The molecule has 7 heteroatoms. The van der Waals surface area contributed by atoms with Crippen LogP contribution in [-0.4, -0.2) is 54.3 Å². The zero-order valence-electron chi connectivity index (χ0n) is 17.9. The van der Waals surface area contributed by atoms with E-state index in [4.69, 9.17) is 0 Å². The van der Waals surface area contributed by atoms with Gasteiger partial charge < -0.3 is 9.47 Å². The van der Waals surface area contributed by atoms with E-state index in [0.717, 1.165) is 22.6 Å². The average Bonchev–Trinajstić information content (AvgIpc) is 3.08. The molecule has 6 nitrogen and oxygen atoms in total. The molecule has 4 rings (SSSR count). The van der Waals surface area contributed by atoms with Crippen molar-refractivity contribution in [3.05, 3.63) is 89.2 Å². The van der Waals surface area contributed by atoms with Gasteiger partial charge in [-0.1, -0.05) is 48.5 Å². The number of aryl methyl sites for hydroxylation is 1. The van der Waals surface area contributed by atoms with Gasteiger partial charge in [0, 0.05) is 43.3 Å². The minimum atomic E-state index is -3.41. The van der Waals surface area contributed by atoms with Crippen molar-refractivity contribution in [3.8, 4) is 5.69 Å². The third-order valence-corrected chi connectivity index (χ3v) is 7.64. The number of carbonyl (C=O) groups excluding carboxylic acids is 1. The molecule has 0 aliphatic carbocycles. The van der Waals surface area contributed by atoms with Crippen LogP contribution in [-0.2, 0) is 15.8 Å². The highest BCUT2D eigenvalue weighted by Gasteiger charge is 2.30. The van der Waals surface area contributed by atoms with Crippen LogP contribution in [0.3, 0.4) is 0 Å². The van der Waals surface area contributed by atoms with Crippen LogP contribution in [0.2, 0.25) is 0 Å². The molecule has 0 saturated carbocycles. The van der Waals surface area contributed by atoms with Crippen molar-refractivity contribution in [3.63, 3.8) is 0 Å². The maximum atomic E-state index is 13.2. The van der Waals surface area contributed by atoms with Gasteiger partial charge >= 0.3 is 0 Å². The molecule has 0 spiro atoms. The van der Waals surface area contributed by atoms with Gasteiger partial charge in [-0.05, 0) is 37.6 Å². The third kappa shape index (κ3) is 4.43. The number of aromatic nitrogens is 1. The van der Waals surface area contributed by atoms with Crippen molar-refractivity contribution in [2.45, 2.75) is 19.6 Å². The fourth-order valence-corrected chi connectivity index (χ4v) is 5.69. The predicted molar refractivity (Wildman–Crippen MR) is 122 cm³/mol. The highest BCUT2D eigenvalue weighted by Crippen LogP contribution is 2.23. The van der Waals surface area contributed by atoms with E-state index in [1.54, 1.807) is 4.90 Å². The van der Waals surface area contributed by atoms with Gasteiger partial charge in [-0.3, -0.25) is 4.79 Å². The molecule has 1 aromatic heterocycles. The number of nitrogens with zero attached hydrogens (tertiary/aromatic N) is 3. The Bertz CT molecular complexity index is 1160. The van der Waals surface area contributed by atoms with Crippen molar-refractivity contribution in [2.75, 3.05) is 26.2 Å². The molecule has 2 aromatic carbocycles. The zero-order chi connectivity index (χ0) is 22.0. The van der Waals surface area contributed by atoms with Crippen LogP contribution in [0.15, 0.2) is 66.7 Å². The zero-order valence-corrected chi connectivity index (χ0v) is 18.7. The van der Waals surface area contributed by atoms with Crippen LogP contribution in [0.1, 0.15) is 27.3 Å². The number of para-hydroxylation sites is 1. The minimum absolute atomic E-state index is 0.0139. The highest BCUT2D eigenvalue weighted by atomic mass is 32.2. The Hall–Kier alpha value is -2.90. The molecule has 0 unspecified atom stereocenters. The van der Waals surface area contributed by atoms with E-state index in [9.17, 15) is 13.2 Å². The number of amides is 1. The summed E-state index contributed by atoms with van der Waals surface area (Å²) in [7, 11) is -3.41. The van der Waals surface area contributed by atoms with Gasteiger partial charge in [0.2, 0.25) is 10.0 Å². The second-order valence-corrected chi connectivity index (χ2v) is 9.86. The standard InChI is InChI=1S/C24H27N3O3S/c1-19-17-23(20(2)27(19)22-11-7-4-8-12-22)24(28)25-13-15-26(16-14-25)31(29,30)18-21-9-5-3-6-10-21/h3-12,17H,13-16,18H2,1-2H3. The lowest BCUT2D eigenvalue weighted by Gasteiger charge is -2.34. The van der Waals surface area contributed by atoms with E-state index in [1.807, 2.05) is 80.6 Å². The lowest BCUT2D eigenvalue weighted by molar-refractivity contribution is 0.0697. The van der Waals surface area contributed by atoms with Gasteiger partial charge in [0.1, 0.15) is 0 Å². The summed E-state index contributed by atoms with van der Waals surface area (Å²) in [5.41, 5.74) is 4.36. The lowest BCUT2D eigenvalue weighted by atomic mass is 10.2. The number of hydrogen-bond donors (Lipinski definition) is 0. The summed E-state index contributed by atoms with van der Waals surface area (Å²) in [6, 6.07) is 21.1. The molecular weight excluding hydrogens is 410 g/mol. The largest absolute Gasteiger partial charge is 0.336 e. The van der Waals surface area contributed by atoms with Gasteiger partial charge in [0.15, 0.2) is 0 Å². The summed E-state index contributed by atoms with van der Waals surface area (Å²) in [5, 5.41) is 0. The SMILES string of the molecule is Cc1cc(C(=O)N2CCN(S(=O)(=O)Cc3ccccc3)CC2)c(C)n1-c1ccccc1. The lowest BCUT2D eigenvalue weighted by Crippen LogP contribution is -2.50. The molecule has 0 bridgehead atoms. The Kier molecular flexibility index (Phi) is 5.98. The predicted octanol–water partition coefficient (Wildman–Crippen LogP) is 3.38. The molecule has 162 valence electrons. The Morgan fingerprint density at radius 2 is 1.45 bits per heavy atom. The molecular formula is C24H27N3O3S. The van der Waals surface area contributed by atoms with E-state index < -0.39 is 10.0 Å². The Morgan fingerprint density at radius 1 is 0.871 bits per heavy atom. The number of hydrogen-bond acceptors (Lipinski definition) is 3. The first-order chi connectivity index (χ1) is 14.9. The Labute approximate surface area is 183 Å². The number of sulfonamides is 1. The molecule has 1 aliphatic rings. The topological polar surface area (TPSA) is 62.6 Å². The molecule has 3 aromatic rings. The summed E-state index contributed by atoms with van der Waals surface area (Å²) < 4.78 is 29.1. The second kappa shape index (κ2) is 8.69. The Balaban J connectivity index is 1.45.